The van der Waals surface area contributed by atoms with Crippen LogP contribution in [0.5, 0.6) is 0 Å². The predicted molar refractivity (Wildman–Crippen MR) is 88.8 cm³/mol. The number of carbonyl (C=O) groups excluding carboxylic acids is 2. The first-order valence-corrected chi connectivity index (χ1v) is 8.25. The highest BCUT2D eigenvalue weighted by atomic mass is 16.2. The van der Waals surface area contributed by atoms with E-state index in [9.17, 15) is 9.59 Å². The summed E-state index contributed by atoms with van der Waals surface area (Å²) < 4.78 is 0. The van der Waals surface area contributed by atoms with Crippen molar-refractivity contribution in [2.45, 2.75) is 57.4 Å². The zero-order valence-corrected chi connectivity index (χ0v) is 13.3. The smallest absolute Gasteiger partial charge is 0.240 e. The van der Waals surface area contributed by atoms with Gasteiger partial charge in [-0.2, -0.15) is 5.10 Å². The van der Waals surface area contributed by atoms with E-state index < -0.39 is 0 Å². The number of hydrogen-bond donors (Lipinski definition) is 2. The Balaban J connectivity index is 1.57. The Hall–Kier alpha value is -2.24. The van der Waals surface area contributed by atoms with Gasteiger partial charge in [0.15, 0.2) is 0 Å². The minimum atomic E-state index is -0.180. The van der Waals surface area contributed by atoms with Crippen LogP contribution in [-0.2, 0) is 9.59 Å². The Morgan fingerprint density at radius 3 is 2.57 bits per heavy atom. The summed E-state index contributed by atoms with van der Waals surface area (Å²) in [4.78, 5) is 27.3. The number of hydrazone groups is 1. The minimum Gasteiger partial charge on any atom is -0.353 e. The summed E-state index contributed by atoms with van der Waals surface area (Å²) in [6.45, 7) is 0. The molecule has 0 saturated heterocycles. The lowest BCUT2D eigenvalue weighted by Crippen LogP contribution is -2.36. The fraction of sp³-hybridized carbons (Fsp3) is 0.529. The van der Waals surface area contributed by atoms with E-state index in [1.807, 2.05) is 0 Å². The number of rotatable bonds is 7. The second kappa shape index (κ2) is 9.71. The van der Waals surface area contributed by atoms with Crippen molar-refractivity contribution in [2.75, 3.05) is 0 Å². The lowest BCUT2D eigenvalue weighted by molar-refractivity contribution is -0.122. The lowest BCUT2D eigenvalue weighted by Gasteiger charge is -2.22. The van der Waals surface area contributed by atoms with Gasteiger partial charge in [0.25, 0.3) is 0 Å². The number of pyridine rings is 1. The van der Waals surface area contributed by atoms with Gasteiger partial charge in [0.2, 0.25) is 11.8 Å². The van der Waals surface area contributed by atoms with E-state index in [2.05, 4.69) is 20.8 Å². The zero-order valence-electron chi connectivity index (χ0n) is 13.3. The zero-order chi connectivity index (χ0) is 16.3. The highest BCUT2D eigenvalue weighted by Crippen LogP contribution is 2.17. The van der Waals surface area contributed by atoms with Crippen molar-refractivity contribution in [2.24, 2.45) is 5.10 Å². The summed E-state index contributed by atoms with van der Waals surface area (Å²) in [5.41, 5.74) is 3.33. The highest BCUT2D eigenvalue weighted by Gasteiger charge is 2.15. The highest BCUT2D eigenvalue weighted by molar-refractivity contribution is 5.82. The normalized spacial score (nSPS) is 15.5. The Kier molecular flexibility index (Phi) is 7.23. The first-order chi connectivity index (χ1) is 11.2. The molecule has 1 aromatic rings. The molecule has 0 aliphatic heterocycles. The van der Waals surface area contributed by atoms with Crippen LogP contribution in [0.3, 0.4) is 0 Å². The van der Waals surface area contributed by atoms with E-state index in [4.69, 9.17) is 0 Å². The van der Waals surface area contributed by atoms with Crippen LogP contribution >= 0.6 is 0 Å². The average molecular weight is 316 g/mol. The summed E-state index contributed by atoms with van der Waals surface area (Å²) in [6, 6.07) is 3.92. The molecule has 23 heavy (non-hydrogen) atoms. The SMILES string of the molecule is O=C(CCCC(=O)NC1CCCCC1)N/N=C\c1ccncc1. The topological polar surface area (TPSA) is 83.5 Å². The fourth-order valence-corrected chi connectivity index (χ4v) is 2.64. The van der Waals surface area contributed by atoms with Gasteiger partial charge in [-0.05, 0) is 37.0 Å². The van der Waals surface area contributed by atoms with Gasteiger partial charge in [0.05, 0.1) is 6.21 Å². The van der Waals surface area contributed by atoms with Crippen LogP contribution in [0.4, 0.5) is 0 Å². The molecule has 6 heteroatoms. The van der Waals surface area contributed by atoms with Gasteiger partial charge in [-0.1, -0.05) is 19.3 Å². The molecule has 0 unspecified atom stereocenters. The van der Waals surface area contributed by atoms with Crippen molar-refractivity contribution in [3.63, 3.8) is 0 Å². The predicted octanol–water partition coefficient (Wildman–Crippen LogP) is 2.15. The molecule has 0 spiro atoms. The molecule has 0 radical (unpaired) electrons. The summed E-state index contributed by atoms with van der Waals surface area (Å²) in [6.07, 6.45) is 11.9. The first kappa shape index (κ1) is 17.1. The second-order valence-corrected chi connectivity index (χ2v) is 5.83. The second-order valence-electron chi connectivity index (χ2n) is 5.83. The molecule has 1 aromatic heterocycles. The summed E-state index contributed by atoms with van der Waals surface area (Å²) in [7, 11) is 0. The summed E-state index contributed by atoms with van der Waals surface area (Å²) in [5.74, 6) is -0.134. The number of carbonyl (C=O) groups is 2. The third kappa shape index (κ3) is 7.04. The number of aromatic nitrogens is 1. The fourth-order valence-electron chi connectivity index (χ4n) is 2.64. The number of nitrogens with zero attached hydrogens (tertiary/aromatic N) is 2. The van der Waals surface area contributed by atoms with Crippen LogP contribution in [0.25, 0.3) is 0 Å². The van der Waals surface area contributed by atoms with Gasteiger partial charge < -0.3 is 5.32 Å². The van der Waals surface area contributed by atoms with Crippen molar-refractivity contribution in [3.8, 4) is 0 Å². The van der Waals surface area contributed by atoms with Gasteiger partial charge >= 0.3 is 0 Å². The molecule has 1 aliphatic rings. The number of hydrogen-bond acceptors (Lipinski definition) is 4. The van der Waals surface area contributed by atoms with E-state index in [1.165, 1.54) is 19.3 Å². The van der Waals surface area contributed by atoms with E-state index >= 15 is 0 Å². The maximum absolute atomic E-state index is 11.8. The van der Waals surface area contributed by atoms with Crippen LogP contribution in [-0.4, -0.2) is 29.1 Å². The van der Waals surface area contributed by atoms with Crippen molar-refractivity contribution < 1.29 is 9.59 Å². The summed E-state index contributed by atoms with van der Waals surface area (Å²) >= 11 is 0. The Morgan fingerprint density at radius 2 is 1.83 bits per heavy atom. The Labute approximate surface area is 136 Å². The van der Waals surface area contributed by atoms with E-state index in [0.29, 0.717) is 25.3 Å². The van der Waals surface area contributed by atoms with Crippen LogP contribution in [0, 0.1) is 0 Å². The molecule has 0 aromatic carbocycles. The summed E-state index contributed by atoms with van der Waals surface area (Å²) in [5, 5.41) is 6.93. The third-order valence-electron chi connectivity index (χ3n) is 3.89. The average Bonchev–Trinajstić information content (AvgIpc) is 2.57. The number of nitrogens with one attached hydrogen (secondary N) is 2. The van der Waals surface area contributed by atoms with Crippen LogP contribution in [0.1, 0.15) is 56.9 Å². The Bertz CT molecular complexity index is 525. The van der Waals surface area contributed by atoms with Gasteiger partial charge in [-0.25, -0.2) is 5.43 Å². The molecule has 2 N–H and O–H groups in total. The van der Waals surface area contributed by atoms with Gasteiger partial charge in [0.1, 0.15) is 0 Å². The van der Waals surface area contributed by atoms with Crippen LogP contribution in [0.15, 0.2) is 29.6 Å². The van der Waals surface area contributed by atoms with E-state index in [0.717, 1.165) is 18.4 Å². The van der Waals surface area contributed by atoms with E-state index in [1.54, 1.807) is 30.7 Å². The standard InChI is InChI=1S/C17H24N4O2/c22-16(20-15-5-2-1-3-6-15)7-4-8-17(23)21-19-13-14-9-11-18-12-10-14/h9-13,15H,1-8H2,(H,20,22)(H,21,23)/b19-13-. The van der Waals surface area contributed by atoms with Crippen LogP contribution in [0.2, 0.25) is 0 Å². The van der Waals surface area contributed by atoms with Gasteiger partial charge in [-0.15, -0.1) is 0 Å². The van der Waals surface area contributed by atoms with Gasteiger partial charge in [0, 0.05) is 31.3 Å². The van der Waals surface area contributed by atoms with E-state index in [-0.39, 0.29) is 11.8 Å². The van der Waals surface area contributed by atoms with Crippen molar-refractivity contribution in [3.05, 3.63) is 30.1 Å². The molecule has 0 bridgehead atoms. The molecule has 2 rings (SSSR count). The molecule has 124 valence electrons. The molecular formula is C17H24N4O2. The first-order valence-electron chi connectivity index (χ1n) is 8.25. The quantitative estimate of drug-likeness (QED) is 0.597. The Morgan fingerprint density at radius 1 is 1.13 bits per heavy atom. The maximum Gasteiger partial charge on any atom is 0.240 e. The van der Waals surface area contributed by atoms with Crippen molar-refractivity contribution in [1.82, 2.24) is 15.7 Å². The largest absolute Gasteiger partial charge is 0.353 e. The third-order valence-corrected chi connectivity index (χ3v) is 3.89. The molecule has 1 fully saturated rings. The molecular weight excluding hydrogens is 292 g/mol. The minimum absolute atomic E-state index is 0.0463. The molecule has 1 aliphatic carbocycles. The maximum atomic E-state index is 11.8. The van der Waals surface area contributed by atoms with Crippen molar-refractivity contribution >= 4 is 18.0 Å². The van der Waals surface area contributed by atoms with Crippen LogP contribution < -0.4 is 10.7 Å². The molecule has 0 atom stereocenters. The molecule has 1 heterocycles. The molecule has 1 saturated carbocycles. The van der Waals surface area contributed by atoms with Crippen molar-refractivity contribution in [1.29, 1.82) is 0 Å². The monoisotopic (exact) mass is 316 g/mol. The number of amides is 2. The molecule has 2 amide bonds. The molecule has 6 nitrogen and oxygen atoms in total. The van der Waals surface area contributed by atoms with Gasteiger partial charge in [-0.3, -0.25) is 14.6 Å². The lowest BCUT2D eigenvalue weighted by atomic mass is 9.95.